The van der Waals surface area contributed by atoms with E-state index in [0.717, 1.165) is 0 Å². The minimum atomic E-state index is -0.232. The number of hydrogen-bond acceptors (Lipinski definition) is 1. The van der Waals surface area contributed by atoms with Crippen LogP contribution in [0.1, 0.15) is 20.8 Å². The van der Waals surface area contributed by atoms with Gasteiger partial charge in [-0.05, 0) is 25.6 Å². The molecule has 0 aromatic heterocycles. The van der Waals surface area contributed by atoms with Crippen LogP contribution in [-0.2, 0) is 0 Å². The van der Waals surface area contributed by atoms with Crippen molar-refractivity contribution in [1.82, 2.24) is 5.32 Å². The maximum absolute atomic E-state index is 12.4. The molecule has 0 rings (SSSR count). The average molecular weight is 159 g/mol. The molecule has 0 aliphatic carbocycles. The lowest BCUT2D eigenvalue weighted by molar-refractivity contribution is 0.645. The van der Waals surface area contributed by atoms with Gasteiger partial charge in [0.15, 0.2) is 0 Å². The smallest absolute Gasteiger partial charge is 0.122 e. The molecule has 2 heteroatoms. The highest BCUT2D eigenvalue weighted by Crippen LogP contribution is 2.03. The predicted molar refractivity (Wildman–Crippen MR) is 49.3 cm³/mol. The van der Waals surface area contributed by atoms with E-state index in [2.05, 4.69) is 11.9 Å². The van der Waals surface area contributed by atoms with Crippen LogP contribution in [0.4, 0.5) is 4.39 Å². The zero-order chi connectivity index (χ0) is 9.28. The average Bonchev–Trinajstić information content (AvgIpc) is 2.07. The first-order valence-electron chi connectivity index (χ1n) is 3.84. The van der Waals surface area contributed by atoms with Gasteiger partial charge in [0.1, 0.15) is 5.83 Å². The highest BCUT2D eigenvalue weighted by atomic mass is 19.1. The molecule has 1 N–H and O–H groups in total. The van der Waals surface area contributed by atoms with Crippen LogP contribution in [0.25, 0.3) is 0 Å². The van der Waals surface area contributed by atoms with Crippen LogP contribution in [0.2, 0.25) is 0 Å². The van der Waals surface area contributed by atoms with Gasteiger partial charge in [-0.3, -0.25) is 0 Å². The van der Waals surface area contributed by atoms with Gasteiger partial charge < -0.3 is 5.32 Å². The molecule has 0 atom stereocenters. The van der Waals surface area contributed by atoms with Crippen molar-refractivity contribution >= 4 is 0 Å². The number of halogens is 1. The third-order valence-corrected chi connectivity index (χ3v) is 1.03. The normalized spacial score (nSPS) is 11.0. The molecule has 0 fully saturated rings. The molecule has 0 aliphatic rings. The molecule has 0 bridgehead atoms. The van der Waals surface area contributed by atoms with Crippen molar-refractivity contribution in [3.05, 3.63) is 24.1 Å². The lowest BCUT2D eigenvalue weighted by atomic mass is 10.2. The van der Waals surface area contributed by atoms with E-state index >= 15 is 0 Å². The van der Waals surface area contributed by atoms with Crippen molar-refractivity contribution in [2.24, 2.45) is 0 Å². The summed E-state index contributed by atoms with van der Waals surface area (Å²) in [6.45, 7) is 9.61. The Hall–Kier alpha value is -0.630. The zero-order valence-electron chi connectivity index (χ0n) is 7.87. The van der Waals surface area contributed by atoms with Crippen molar-refractivity contribution < 1.29 is 4.39 Å². The molecule has 66 valence electrons. The Morgan fingerprint density at radius 1 is 1.55 bits per heavy atom. The Morgan fingerprint density at radius 2 is 2.00 bits per heavy atom. The Bertz CT molecular complexity index is 128. The number of nitrogens with one attached hydrogen (secondary N) is 1. The number of allylic oxidation sites excluding steroid dienone is 2. The summed E-state index contributed by atoms with van der Waals surface area (Å²) in [5.74, 6) is -0.232. The molecule has 0 unspecified atom stereocenters. The van der Waals surface area contributed by atoms with Crippen LogP contribution in [0.3, 0.4) is 0 Å². The molecule has 0 amide bonds. The van der Waals surface area contributed by atoms with Crippen LogP contribution in [0, 0.1) is 0 Å². The molecule has 0 aromatic rings. The summed E-state index contributed by atoms with van der Waals surface area (Å²) >= 11 is 0. The monoisotopic (exact) mass is 159 g/mol. The van der Waals surface area contributed by atoms with Crippen molar-refractivity contribution in [1.29, 1.82) is 0 Å². The van der Waals surface area contributed by atoms with E-state index in [-0.39, 0.29) is 5.83 Å². The first kappa shape index (κ1) is 13.0. The van der Waals surface area contributed by atoms with Crippen molar-refractivity contribution in [3.63, 3.8) is 0 Å². The third kappa shape index (κ3) is 7.26. The molecule has 0 heterocycles. The zero-order valence-corrected chi connectivity index (χ0v) is 7.87. The quantitative estimate of drug-likeness (QED) is 0.624. The molecule has 0 saturated heterocycles. The van der Waals surface area contributed by atoms with Crippen molar-refractivity contribution in [3.8, 4) is 0 Å². The Morgan fingerprint density at radius 3 is 2.27 bits per heavy atom. The van der Waals surface area contributed by atoms with Crippen LogP contribution in [0.5, 0.6) is 0 Å². The van der Waals surface area contributed by atoms with Gasteiger partial charge in [-0.15, -0.1) is 0 Å². The van der Waals surface area contributed by atoms with Gasteiger partial charge in [0.2, 0.25) is 0 Å². The van der Waals surface area contributed by atoms with Gasteiger partial charge in [0.25, 0.3) is 0 Å². The van der Waals surface area contributed by atoms with Crippen LogP contribution in [0.15, 0.2) is 24.1 Å². The molecule has 0 aromatic carbocycles. The molecular formula is C9H18FN. The first-order valence-corrected chi connectivity index (χ1v) is 3.84. The number of likely N-dealkylation sites (N-methyl/N-ethyl adjacent to an activating group) is 1. The minimum Gasteiger partial charge on any atom is -0.316 e. The SMILES string of the molecule is C=C/C(F)=C(\C)CNC.CC. The summed E-state index contributed by atoms with van der Waals surface area (Å²) in [4.78, 5) is 0. The fraction of sp³-hybridized carbons (Fsp3) is 0.556. The van der Waals surface area contributed by atoms with E-state index < -0.39 is 0 Å². The van der Waals surface area contributed by atoms with Crippen molar-refractivity contribution in [2.45, 2.75) is 20.8 Å². The molecule has 1 nitrogen and oxygen atoms in total. The van der Waals surface area contributed by atoms with Gasteiger partial charge >= 0.3 is 0 Å². The molecule has 11 heavy (non-hydrogen) atoms. The summed E-state index contributed by atoms with van der Waals surface area (Å²) in [6, 6.07) is 0. The molecule has 0 spiro atoms. The van der Waals surface area contributed by atoms with Gasteiger partial charge in [0.05, 0.1) is 0 Å². The standard InChI is InChI=1S/C7H12FN.C2H6/c1-4-7(8)6(2)5-9-3;1-2/h4,9H,1,5H2,2-3H3;1-2H3/b7-6-;. The van der Waals surface area contributed by atoms with Crippen molar-refractivity contribution in [2.75, 3.05) is 13.6 Å². The summed E-state index contributed by atoms with van der Waals surface area (Å²) in [5.41, 5.74) is 0.688. The maximum Gasteiger partial charge on any atom is 0.122 e. The largest absolute Gasteiger partial charge is 0.316 e. The highest BCUT2D eigenvalue weighted by Gasteiger charge is 1.92. The number of hydrogen-bond donors (Lipinski definition) is 1. The Kier molecular flexibility index (Phi) is 11.1. The van der Waals surface area contributed by atoms with Gasteiger partial charge in [-0.2, -0.15) is 0 Å². The second-order valence-corrected chi connectivity index (χ2v) is 1.86. The summed E-state index contributed by atoms with van der Waals surface area (Å²) in [6.07, 6.45) is 1.21. The topological polar surface area (TPSA) is 12.0 Å². The summed E-state index contributed by atoms with van der Waals surface area (Å²) in [7, 11) is 1.78. The number of rotatable bonds is 3. The van der Waals surface area contributed by atoms with Crippen LogP contribution in [-0.4, -0.2) is 13.6 Å². The van der Waals surface area contributed by atoms with E-state index in [1.807, 2.05) is 13.8 Å². The minimum absolute atomic E-state index is 0.232. The van der Waals surface area contributed by atoms with Gasteiger partial charge in [0, 0.05) is 6.54 Å². The summed E-state index contributed by atoms with van der Waals surface area (Å²) < 4.78 is 12.4. The third-order valence-electron chi connectivity index (χ3n) is 1.03. The Balaban J connectivity index is 0. The van der Waals surface area contributed by atoms with Crippen LogP contribution < -0.4 is 5.32 Å². The Labute approximate surface area is 69.0 Å². The lowest BCUT2D eigenvalue weighted by Gasteiger charge is -1.97. The van der Waals surface area contributed by atoms with E-state index in [1.165, 1.54) is 6.08 Å². The molecular weight excluding hydrogens is 141 g/mol. The van der Waals surface area contributed by atoms with E-state index in [0.29, 0.717) is 12.1 Å². The molecule has 0 saturated carbocycles. The second-order valence-electron chi connectivity index (χ2n) is 1.86. The van der Waals surface area contributed by atoms with Gasteiger partial charge in [-0.1, -0.05) is 20.4 Å². The highest BCUT2D eigenvalue weighted by molar-refractivity contribution is 5.16. The second kappa shape index (κ2) is 9.37. The van der Waals surface area contributed by atoms with Crippen LogP contribution >= 0.6 is 0 Å². The van der Waals surface area contributed by atoms with Gasteiger partial charge in [-0.25, -0.2) is 4.39 Å². The van der Waals surface area contributed by atoms with E-state index in [9.17, 15) is 4.39 Å². The first-order chi connectivity index (χ1) is 5.22. The fourth-order valence-electron chi connectivity index (χ4n) is 0.524. The molecule has 0 aliphatic heterocycles. The van der Waals surface area contributed by atoms with E-state index in [1.54, 1.807) is 14.0 Å². The lowest BCUT2D eigenvalue weighted by Crippen LogP contribution is -2.09. The summed E-state index contributed by atoms with van der Waals surface area (Å²) in [5, 5.41) is 2.84. The predicted octanol–water partition coefficient (Wildman–Crippen LogP) is 2.66. The molecule has 0 radical (unpaired) electrons. The van der Waals surface area contributed by atoms with E-state index in [4.69, 9.17) is 0 Å². The fourth-order valence-corrected chi connectivity index (χ4v) is 0.524. The maximum atomic E-state index is 12.4.